The number of halogens is 1. The molecule has 0 aliphatic rings. The topological polar surface area (TPSA) is 72.2 Å². The zero-order valence-corrected chi connectivity index (χ0v) is 12.8. The van der Waals surface area contributed by atoms with E-state index in [1.807, 2.05) is 18.4 Å². The fourth-order valence-electron chi connectivity index (χ4n) is 1.94. The van der Waals surface area contributed by atoms with Gasteiger partial charge in [-0.3, -0.25) is 14.9 Å². The SMILES string of the molecule is CCc1ccsc1CNC(=O)c1cc(Cl)ccc1[N+](=O)[O-]. The Hall–Kier alpha value is -1.92. The van der Waals surface area contributed by atoms with Crippen molar-refractivity contribution >= 4 is 34.5 Å². The number of carbonyl (C=O) groups is 1. The maximum Gasteiger partial charge on any atom is 0.282 e. The second kappa shape index (κ2) is 6.69. The number of hydrogen-bond donors (Lipinski definition) is 1. The molecule has 1 N–H and O–H groups in total. The number of rotatable bonds is 5. The lowest BCUT2D eigenvalue weighted by atomic mass is 10.1. The normalized spacial score (nSPS) is 10.4. The molecule has 0 unspecified atom stereocenters. The first-order valence-electron chi connectivity index (χ1n) is 6.30. The first-order valence-corrected chi connectivity index (χ1v) is 7.56. The summed E-state index contributed by atoms with van der Waals surface area (Å²) >= 11 is 7.36. The molecule has 21 heavy (non-hydrogen) atoms. The largest absolute Gasteiger partial charge is 0.347 e. The molecule has 0 radical (unpaired) electrons. The minimum atomic E-state index is -0.589. The van der Waals surface area contributed by atoms with Gasteiger partial charge in [0, 0.05) is 16.0 Å². The van der Waals surface area contributed by atoms with Crippen LogP contribution in [0.5, 0.6) is 0 Å². The number of carbonyl (C=O) groups excluding carboxylic acids is 1. The van der Waals surface area contributed by atoms with Gasteiger partial charge in [-0.1, -0.05) is 18.5 Å². The van der Waals surface area contributed by atoms with E-state index in [0.29, 0.717) is 6.54 Å². The fraction of sp³-hybridized carbons (Fsp3) is 0.214. The van der Waals surface area contributed by atoms with E-state index >= 15 is 0 Å². The molecule has 2 aromatic rings. The van der Waals surface area contributed by atoms with E-state index in [2.05, 4.69) is 5.32 Å². The zero-order valence-electron chi connectivity index (χ0n) is 11.3. The first-order chi connectivity index (χ1) is 10.0. The third kappa shape index (κ3) is 3.59. The summed E-state index contributed by atoms with van der Waals surface area (Å²) in [6.45, 7) is 2.39. The molecule has 2 rings (SSSR count). The number of nitrogens with zero attached hydrogens (tertiary/aromatic N) is 1. The molecule has 0 aliphatic heterocycles. The van der Waals surface area contributed by atoms with Crippen LogP contribution in [0.25, 0.3) is 0 Å². The average Bonchev–Trinajstić information content (AvgIpc) is 2.91. The summed E-state index contributed by atoms with van der Waals surface area (Å²) in [5.41, 5.74) is 0.891. The molecule has 1 aromatic heterocycles. The van der Waals surface area contributed by atoms with Crippen molar-refractivity contribution < 1.29 is 9.72 Å². The van der Waals surface area contributed by atoms with Crippen LogP contribution >= 0.6 is 22.9 Å². The van der Waals surface area contributed by atoms with E-state index in [9.17, 15) is 14.9 Å². The number of nitro benzene ring substituents is 1. The minimum absolute atomic E-state index is 0.0258. The minimum Gasteiger partial charge on any atom is -0.347 e. The van der Waals surface area contributed by atoms with Gasteiger partial charge in [-0.25, -0.2) is 0 Å². The second-order valence-electron chi connectivity index (χ2n) is 4.32. The van der Waals surface area contributed by atoms with Gasteiger partial charge in [0.2, 0.25) is 0 Å². The number of hydrogen-bond acceptors (Lipinski definition) is 4. The molecular weight excluding hydrogens is 312 g/mol. The lowest BCUT2D eigenvalue weighted by molar-refractivity contribution is -0.385. The van der Waals surface area contributed by atoms with E-state index in [-0.39, 0.29) is 16.3 Å². The van der Waals surface area contributed by atoms with E-state index in [0.717, 1.165) is 11.3 Å². The van der Waals surface area contributed by atoms with Crippen molar-refractivity contribution in [2.45, 2.75) is 19.9 Å². The molecule has 1 aromatic carbocycles. The van der Waals surface area contributed by atoms with Gasteiger partial charge in [0.05, 0.1) is 11.5 Å². The first kappa shape index (κ1) is 15.5. The van der Waals surface area contributed by atoms with Crippen molar-refractivity contribution in [2.75, 3.05) is 0 Å². The Labute approximate surface area is 130 Å². The summed E-state index contributed by atoms with van der Waals surface area (Å²) in [7, 11) is 0. The maximum atomic E-state index is 12.1. The highest BCUT2D eigenvalue weighted by atomic mass is 35.5. The lowest BCUT2D eigenvalue weighted by Crippen LogP contribution is -2.23. The number of nitro groups is 1. The number of amides is 1. The van der Waals surface area contributed by atoms with Crippen LogP contribution in [0.3, 0.4) is 0 Å². The highest BCUT2D eigenvalue weighted by Gasteiger charge is 2.20. The predicted molar refractivity (Wildman–Crippen MR) is 83.0 cm³/mol. The van der Waals surface area contributed by atoms with Crippen LogP contribution < -0.4 is 5.32 Å². The van der Waals surface area contributed by atoms with Crippen LogP contribution in [0, 0.1) is 10.1 Å². The molecule has 0 atom stereocenters. The molecular formula is C14H13ClN2O3S. The Bertz CT molecular complexity index is 685. The Morgan fingerprint density at radius 2 is 2.19 bits per heavy atom. The average molecular weight is 325 g/mol. The van der Waals surface area contributed by atoms with Gasteiger partial charge in [0.1, 0.15) is 5.56 Å². The molecule has 5 nitrogen and oxygen atoms in total. The van der Waals surface area contributed by atoms with E-state index in [1.54, 1.807) is 11.3 Å². The number of nitrogens with one attached hydrogen (secondary N) is 1. The summed E-state index contributed by atoms with van der Waals surface area (Å²) < 4.78 is 0. The highest BCUT2D eigenvalue weighted by molar-refractivity contribution is 7.10. The molecule has 0 aliphatic carbocycles. The molecule has 0 saturated heterocycles. The monoisotopic (exact) mass is 324 g/mol. The maximum absolute atomic E-state index is 12.1. The summed E-state index contributed by atoms with van der Waals surface area (Å²) in [6.07, 6.45) is 0.881. The van der Waals surface area contributed by atoms with Gasteiger partial charge in [-0.05, 0) is 35.6 Å². The molecule has 7 heteroatoms. The molecule has 110 valence electrons. The second-order valence-corrected chi connectivity index (χ2v) is 5.76. The van der Waals surface area contributed by atoms with Crippen molar-refractivity contribution in [1.82, 2.24) is 5.32 Å². The van der Waals surface area contributed by atoms with Gasteiger partial charge < -0.3 is 5.32 Å². The standard InChI is InChI=1S/C14H13ClN2O3S/c1-2-9-5-6-21-13(9)8-16-14(18)11-7-10(15)3-4-12(11)17(19)20/h3-7H,2,8H2,1H3,(H,16,18). The summed E-state index contributed by atoms with van der Waals surface area (Å²) in [6, 6.07) is 5.95. The Balaban J connectivity index is 2.17. The number of thiophene rings is 1. The fourth-order valence-corrected chi connectivity index (χ4v) is 3.03. The molecule has 0 bridgehead atoms. The van der Waals surface area contributed by atoms with Crippen molar-refractivity contribution in [3.05, 3.63) is 60.8 Å². The van der Waals surface area contributed by atoms with Gasteiger partial charge in [-0.2, -0.15) is 0 Å². The number of benzene rings is 1. The van der Waals surface area contributed by atoms with E-state index in [1.165, 1.54) is 23.8 Å². The third-order valence-corrected chi connectivity index (χ3v) is 4.23. The summed E-state index contributed by atoms with van der Waals surface area (Å²) in [5, 5.41) is 15.9. The molecule has 1 heterocycles. The predicted octanol–water partition coefficient (Wildman–Crippen LogP) is 3.80. The van der Waals surface area contributed by atoms with E-state index in [4.69, 9.17) is 11.6 Å². The quantitative estimate of drug-likeness (QED) is 0.671. The van der Waals surface area contributed by atoms with Crippen molar-refractivity contribution in [3.63, 3.8) is 0 Å². The Morgan fingerprint density at radius 1 is 1.43 bits per heavy atom. The van der Waals surface area contributed by atoms with Crippen molar-refractivity contribution in [3.8, 4) is 0 Å². The van der Waals surface area contributed by atoms with Gasteiger partial charge >= 0.3 is 0 Å². The van der Waals surface area contributed by atoms with Crippen molar-refractivity contribution in [2.24, 2.45) is 0 Å². The van der Waals surface area contributed by atoms with Gasteiger partial charge in [-0.15, -0.1) is 11.3 Å². The lowest BCUT2D eigenvalue weighted by Gasteiger charge is -2.06. The molecule has 1 amide bonds. The van der Waals surface area contributed by atoms with Crippen molar-refractivity contribution in [1.29, 1.82) is 0 Å². The third-order valence-electron chi connectivity index (χ3n) is 3.03. The van der Waals surface area contributed by atoms with Crippen LogP contribution in [0.4, 0.5) is 5.69 Å². The number of aryl methyl sites for hydroxylation is 1. The smallest absolute Gasteiger partial charge is 0.282 e. The summed E-state index contributed by atoms with van der Waals surface area (Å²) in [5.74, 6) is -0.500. The van der Waals surface area contributed by atoms with Gasteiger partial charge in [0.15, 0.2) is 0 Å². The van der Waals surface area contributed by atoms with Crippen LogP contribution in [0.1, 0.15) is 27.7 Å². The highest BCUT2D eigenvalue weighted by Crippen LogP contribution is 2.23. The Kier molecular flexibility index (Phi) is 4.93. The van der Waals surface area contributed by atoms with Crippen LogP contribution in [-0.4, -0.2) is 10.8 Å². The van der Waals surface area contributed by atoms with Gasteiger partial charge in [0.25, 0.3) is 11.6 Å². The van der Waals surface area contributed by atoms with E-state index < -0.39 is 10.8 Å². The van der Waals surface area contributed by atoms with Crippen LogP contribution in [0.2, 0.25) is 5.02 Å². The zero-order chi connectivity index (χ0) is 15.4. The van der Waals surface area contributed by atoms with Crippen LogP contribution in [0.15, 0.2) is 29.6 Å². The Morgan fingerprint density at radius 3 is 2.86 bits per heavy atom. The molecule has 0 spiro atoms. The van der Waals surface area contributed by atoms with Crippen LogP contribution in [-0.2, 0) is 13.0 Å². The molecule has 0 saturated carbocycles. The summed E-state index contributed by atoms with van der Waals surface area (Å²) in [4.78, 5) is 23.6. The molecule has 0 fully saturated rings.